The molecular formula is C23H28N4O4. The predicted molar refractivity (Wildman–Crippen MR) is 113 cm³/mol. The number of nitrogens with zero attached hydrogens (tertiary/aromatic N) is 3. The van der Waals surface area contributed by atoms with Crippen LogP contribution in [0.1, 0.15) is 30.2 Å². The lowest BCUT2D eigenvalue weighted by Gasteiger charge is -2.42. The number of carbonyl (C=O) groups is 2. The van der Waals surface area contributed by atoms with Crippen LogP contribution in [0.3, 0.4) is 0 Å². The highest BCUT2D eigenvalue weighted by Gasteiger charge is 2.36. The normalized spacial score (nSPS) is 25.5. The van der Waals surface area contributed by atoms with Gasteiger partial charge in [0.2, 0.25) is 11.8 Å². The molecule has 2 aromatic heterocycles. The lowest BCUT2D eigenvalue weighted by molar-refractivity contribution is -0.129. The Balaban J connectivity index is 1.11. The maximum atomic E-state index is 12.6. The first-order valence-corrected chi connectivity index (χ1v) is 11.1. The first kappa shape index (κ1) is 20.1. The second-order valence-corrected chi connectivity index (χ2v) is 9.00. The maximum absolute atomic E-state index is 12.6. The van der Waals surface area contributed by atoms with E-state index in [9.17, 15) is 14.4 Å². The van der Waals surface area contributed by atoms with E-state index in [1.165, 1.54) is 0 Å². The summed E-state index contributed by atoms with van der Waals surface area (Å²) in [4.78, 5) is 41.1. The van der Waals surface area contributed by atoms with Gasteiger partial charge in [-0.1, -0.05) is 6.07 Å². The fraction of sp³-hybridized carbons (Fsp3) is 0.522. The highest BCUT2D eigenvalue weighted by Crippen LogP contribution is 2.34. The van der Waals surface area contributed by atoms with Crippen molar-refractivity contribution in [3.8, 4) is 0 Å². The van der Waals surface area contributed by atoms with Gasteiger partial charge >= 0.3 is 0 Å². The molecule has 2 bridgehead atoms. The van der Waals surface area contributed by atoms with E-state index in [0.717, 1.165) is 44.1 Å². The highest BCUT2D eigenvalue weighted by atomic mass is 16.3. The van der Waals surface area contributed by atoms with Crippen molar-refractivity contribution in [1.82, 2.24) is 19.7 Å². The smallest absolute Gasteiger partial charge is 0.250 e. The molecule has 31 heavy (non-hydrogen) atoms. The van der Waals surface area contributed by atoms with Crippen LogP contribution in [0.4, 0.5) is 0 Å². The number of hydrogen-bond donors (Lipinski definition) is 1. The summed E-state index contributed by atoms with van der Waals surface area (Å²) >= 11 is 0. The van der Waals surface area contributed by atoms with Gasteiger partial charge in [-0.15, -0.1) is 0 Å². The van der Waals surface area contributed by atoms with Crippen molar-refractivity contribution in [3.63, 3.8) is 0 Å². The molecule has 8 nitrogen and oxygen atoms in total. The van der Waals surface area contributed by atoms with Gasteiger partial charge in [-0.25, -0.2) is 0 Å². The van der Waals surface area contributed by atoms with E-state index < -0.39 is 0 Å². The Morgan fingerprint density at radius 3 is 2.84 bits per heavy atom. The van der Waals surface area contributed by atoms with Gasteiger partial charge in [0.1, 0.15) is 5.76 Å². The second-order valence-electron chi connectivity index (χ2n) is 9.00. The molecule has 164 valence electrons. The van der Waals surface area contributed by atoms with Gasteiger partial charge in [-0.3, -0.25) is 14.4 Å². The summed E-state index contributed by atoms with van der Waals surface area (Å²) in [5.41, 5.74) is 1.23. The Hall–Kier alpha value is -2.87. The monoisotopic (exact) mass is 424 g/mol. The summed E-state index contributed by atoms with van der Waals surface area (Å²) in [6.07, 6.45) is 2.97. The Morgan fingerprint density at radius 2 is 2.00 bits per heavy atom. The standard InChI is InChI=1S/C23H28N4O4/c28-21-5-1-4-20-17-9-16(12-27(20)21)11-25(13-17)7-6-24-23(30)18-10-22(29)26(14-18)15-19-3-2-8-31-19/h1-5,8,16-18H,6-7,9-15H2,(H,24,30)/t16-,17+,18+/m1/s1. The highest BCUT2D eigenvalue weighted by molar-refractivity contribution is 5.89. The number of amides is 2. The summed E-state index contributed by atoms with van der Waals surface area (Å²) in [5.74, 6) is 1.22. The van der Waals surface area contributed by atoms with Crippen LogP contribution in [0, 0.1) is 11.8 Å². The van der Waals surface area contributed by atoms with Crippen LogP contribution in [0.25, 0.3) is 0 Å². The average molecular weight is 425 g/mol. The Kier molecular flexibility index (Phi) is 5.40. The van der Waals surface area contributed by atoms with Gasteiger partial charge in [-0.2, -0.15) is 0 Å². The minimum absolute atomic E-state index is 0.00527. The molecule has 2 fully saturated rings. The Bertz CT molecular complexity index is 1010. The van der Waals surface area contributed by atoms with Crippen LogP contribution >= 0.6 is 0 Å². The van der Waals surface area contributed by atoms with Gasteiger partial charge in [0.15, 0.2) is 0 Å². The van der Waals surface area contributed by atoms with Crippen molar-refractivity contribution in [1.29, 1.82) is 0 Å². The first-order chi connectivity index (χ1) is 15.1. The molecule has 0 aromatic carbocycles. The van der Waals surface area contributed by atoms with Crippen LogP contribution in [0.5, 0.6) is 0 Å². The molecule has 3 aliphatic heterocycles. The molecule has 0 radical (unpaired) electrons. The molecule has 5 heterocycles. The fourth-order valence-corrected chi connectivity index (χ4v) is 5.35. The van der Waals surface area contributed by atoms with Crippen LogP contribution in [0.2, 0.25) is 0 Å². The molecule has 3 atom stereocenters. The molecule has 8 heteroatoms. The van der Waals surface area contributed by atoms with Crippen molar-refractivity contribution in [2.45, 2.75) is 31.8 Å². The SMILES string of the molecule is O=C(NCCN1C[C@H]2C[C@@H](C1)c1cccc(=O)n1C2)[C@H]1CC(=O)N(Cc2ccco2)C1. The zero-order valence-corrected chi connectivity index (χ0v) is 17.5. The number of furan rings is 1. The summed E-state index contributed by atoms with van der Waals surface area (Å²) < 4.78 is 7.25. The molecule has 2 amide bonds. The topological polar surface area (TPSA) is 87.8 Å². The van der Waals surface area contributed by atoms with E-state index in [1.807, 2.05) is 16.7 Å². The molecule has 0 saturated carbocycles. The third kappa shape index (κ3) is 4.17. The lowest BCUT2D eigenvalue weighted by atomic mass is 9.83. The van der Waals surface area contributed by atoms with Gasteiger partial charge < -0.3 is 24.1 Å². The second kappa shape index (κ2) is 8.34. The Labute approximate surface area is 180 Å². The number of fused-ring (bicyclic) bond motifs is 4. The Morgan fingerprint density at radius 1 is 1.10 bits per heavy atom. The van der Waals surface area contributed by atoms with Crippen LogP contribution < -0.4 is 10.9 Å². The number of piperidine rings is 1. The van der Waals surface area contributed by atoms with Gasteiger partial charge in [0.25, 0.3) is 5.56 Å². The molecular weight excluding hydrogens is 396 g/mol. The van der Waals surface area contributed by atoms with Gasteiger partial charge in [0, 0.05) is 63.4 Å². The maximum Gasteiger partial charge on any atom is 0.250 e. The minimum atomic E-state index is -0.304. The zero-order chi connectivity index (χ0) is 21.4. The molecule has 0 unspecified atom stereocenters. The third-order valence-corrected chi connectivity index (χ3v) is 6.79. The fourth-order valence-electron chi connectivity index (χ4n) is 5.35. The minimum Gasteiger partial charge on any atom is -0.467 e. The number of rotatable bonds is 6. The summed E-state index contributed by atoms with van der Waals surface area (Å²) in [6.45, 7) is 4.85. The average Bonchev–Trinajstić information content (AvgIpc) is 3.39. The number of hydrogen-bond acceptors (Lipinski definition) is 5. The molecule has 5 rings (SSSR count). The molecule has 2 aromatic rings. The van der Waals surface area contributed by atoms with Crippen molar-refractivity contribution in [3.05, 3.63) is 58.4 Å². The predicted octanol–water partition coefficient (Wildman–Crippen LogP) is 1.03. The van der Waals surface area contributed by atoms with Crippen molar-refractivity contribution in [2.75, 3.05) is 32.7 Å². The quantitative estimate of drug-likeness (QED) is 0.748. The molecule has 1 N–H and O–H groups in total. The molecule has 0 spiro atoms. The number of aromatic nitrogens is 1. The molecule has 0 aliphatic carbocycles. The van der Waals surface area contributed by atoms with E-state index in [2.05, 4.69) is 16.3 Å². The number of likely N-dealkylation sites (tertiary alicyclic amines) is 2. The van der Waals surface area contributed by atoms with E-state index in [1.54, 1.807) is 23.3 Å². The van der Waals surface area contributed by atoms with Crippen molar-refractivity contribution >= 4 is 11.8 Å². The summed E-state index contributed by atoms with van der Waals surface area (Å²) in [7, 11) is 0. The summed E-state index contributed by atoms with van der Waals surface area (Å²) in [6, 6.07) is 9.20. The zero-order valence-electron chi connectivity index (χ0n) is 17.5. The first-order valence-electron chi connectivity index (χ1n) is 11.1. The largest absolute Gasteiger partial charge is 0.467 e. The van der Waals surface area contributed by atoms with Crippen LogP contribution in [-0.4, -0.2) is 58.9 Å². The third-order valence-electron chi connectivity index (χ3n) is 6.79. The van der Waals surface area contributed by atoms with Crippen LogP contribution in [-0.2, 0) is 22.7 Å². The van der Waals surface area contributed by atoms with E-state index in [-0.39, 0.29) is 29.7 Å². The van der Waals surface area contributed by atoms with Gasteiger partial charge in [-0.05, 0) is 30.5 Å². The number of carbonyl (C=O) groups excluding carboxylic acids is 2. The number of nitrogens with one attached hydrogen (secondary N) is 1. The number of pyridine rings is 1. The summed E-state index contributed by atoms with van der Waals surface area (Å²) in [5, 5.41) is 3.03. The van der Waals surface area contributed by atoms with E-state index in [0.29, 0.717) is 31.5 Å². The molecule has 2 saturated heterocycles. The van der Waals surface area contributed by atoms with E-state index >= 15 is 0 Å². The van der Waals surface area contributed by atoms with Crippen LogP contribution in [0.15, 0.2) is 45.8 Å². The van der Waals surface area contributed by atoms with Gasteiger partial charge in [0.05, 0.1) is 18.7 Å². The lowest BCUT2D eigenvalue weighted by Crippen LogP contribution is -2.49. The molecule has 3 aliphatic rings. The van der Waals surface area contributed by atoms with Crippen molar-refractivity contribution < 1.29 is 14.0 Å². The van der Waals surface area contributed by atoms with Crippen molar-refractivity contribution in [2.24, 2.45) is 11.8 Å². The van der Waals surface area contributed by atoms with E-state index in [4.69, 9.17) is 4.42 Å².